The van der Waals surface area contributed by atoms with Crippen LogP contribution in [0.15, 0.2) is 0 Å². The molecule has 0 spiro atoms. The van der Waals surface area contributed by atoms with Crippen molar-refractivity contribution in [2.75, 3.05) is 6.54 Å². The molecule has 0 saturated heterocycles. The summed E-state index contributed by atoms with van der Waals surface area (Å²) in [6, 6.07) is 0.105. The minimum Gasteiger partial charge on any atom is -0.392 e. The predicted molar refractivity (Wildman–Crippen MR) is 49.9 cm³/mol. The standard InChI is InChI=1S/C5H11N3O2S2/c6-5(11)3-7-12(9,10)8-4-1-2-4/h4,7-8H,1-3H2,(H2,6,11). The van der Waals surface area contributed by atoms with Crippen LogP contribution in [0.5, 0.6) is 0 Å². The second-order valence-electron chi connectivity index (χ2n) is 2.68. The summed E-state index contributed by atoms with van der Waals surface area (Å²) in [6.45, 7) is 0.0113. The highest BCUT2D eigenvalue weighted by molar-refractivity contribution is 7.87. The summed E-state index contributed by atoms with van der Waals surface area (Å²) >= 11 is 4.52. The van der Waals surface area contributed by atoms with Crippen LogP contribution in [-0.2, 0) is 10.2 Å². The molecule has 12 heavy (non-hydrogen) atoms. The molecule has 0 atom stereocenters. The average Bonchev–Trinajstić information content (AvgIpc) is 2.67. The van der Waals surface area contributed by atoms with Crippen LogP contribution in [0.1, 0.15) is 12.8 Å². The van der Waals surface area contributed by atoms with Crippen LogP contribution >= 0.6 is 12.2 Å². The van der Waals surface area contributed by atoms with E-state index in [1.807, 2.05) is 0 Å². The Morgan fingerprint density at radius 1 is 1.58 bits per heavy atom. The van der Waals surface area contributed by atoms with Crippen LogP contribution in [0, 0.1) is 0 Å². The number of nitrogens with one attached hydrogen (secondary N) is 2. The summed E-state index contributed by atoms with van der Waals surface area (Å²) in [6.07, 6.45) is 1.82. The van der Waals surface area contributed by atoms with Crippen molar-refractivity contribution in [2.24, 2.45) is 5.73 Å². The van der Waals surface area contributed by atoms with E-state index in [0.717, 1.165) is 12.8 Å². The molecule has 70 valence electrons. The molecule has 1 saturated carbocycles. The van der Waals surface area contributed by atoms with Crippen molar-refractivity contribution in [3.8, 4) is 0 Å². The maximum atomic E-state index is 11.0. The quantitative estimate of drug-likeness (QED) is 0.500. The van der Waals surface area contributed by atoms with Gasteiger partial charge in [0.15, 0.2) is 0 Å². The van der Waals surface area contributed by atoms with Gasteiger partial charge in [0.05, 0.1) is 11.5 Å². The molecule has 1 aliphatic rings. The third kappa shape index (κ3) is 3.96. The third-order valence-electron chi connectivity index (χ3n) is 1.34. The van der Waals surface area contributed by atoms with E-state index >= 15 is 0 Å². The van der Waals surface area contributed by atoms with Gasteiger partial charge < -0.3 is 5.73 Å². The molecule has 0 bridgehead atoms. The number of thiocarbonyl (C=S) groups is 1. The Labute approximate surface area is 76.9 Å². The van der Waals surface area contributed by atoms with Gasteiger partial charge in [0.1, 0.15) is 0 Å². The highest BCUT2D eigenvalue weighted by Gasteiger charge is 2.26. The molecule has 0 aliphatic heterocycles. The third-order valence-corrected chi connectivity index (χ3v) is 2.65. The first-order valence-corrected chi connectivity index (χ1v) is 5.44. The Balaban J connectivity index is 2.31. The highest BCUT2D eigenvalue weighted by atomic mass is 32.2. The zero-order valence-electron chi connectivity index (χ0n) is 6.41. The lowest BCUT2D eigenvalue weighted by Crippen LogP contribution is -2.41. The van der Waals surface area contributed by atoms with Crippen LogP contribution in [-0.4, -0.2) is 26.0 Å². The highest BCUT2D eigenvalue weighted by Crippen LogP contribution is 2.19. The zero-order valence-corrected chi connectivity index (χ0v) is 8.04. The molecule has 1 aliphatic carbocycles. The van der Waals surface area contributed by atoms with Gasteiger partial charge in [0, 0.05) is 6.04 Å². The molecule has 0 aromatic heterocycles. The topological polar surface area (TPSA) is 84.2 Å². The van der Waals surface area contributed by atoms with Crippen molar-refractivity contribution in [1.29, 1.82) is 0 Å². The first kappa shape index (κ1) is 9.85. The minimum absolute atomic E-state index is 0.0113. The molecule has 1 fully saturated rings. The monoisotopic (exact) mass is 209 g/mol. The van der Waals surface area contributed by atoms with Crippen LogP contribution in [0.4, 0.5) is 0 Å². The Morgan fingerprint density at radius 2 is 2.17 bits per heavy atom. The molecular weight excluding hydrogens is 198 g/mol. The lowest BCUT2D eigenvalue weighted by Gasteiger charge is -2.05. The second kappa shape index (κ2) is 3.65. The van der Waals surface area contributed by atoms with E-state index in [1.165, 1.54) is 0 Å². The van der Waals surface area contributed by atoms with Crippen LogP contribution in [0.2, 0.25) is 0 Å². The fourth-order valence-electron chi connectivity index (χ4n) is 0.628. The Bertz CT molecular complexity index is 270. The number of nitrogens with two attached hydrogens (primary N) is 1. The molecule has 0 aromatic carbocycles. The van der Waals surface area contributed by atoms with Crippen molar-refractivity contribution in [3.05, 3.63) is 0 Å². The van der Waals surface area contributed by atoms with E-state index < -0.39 is 10.2 Å². The number of hydrogen-bond acceptors (Lipinski definition) is 3. The molecule has 4 N–H and O–H groups in total. The number of rotatable bonds is 5. The summed E-state index contributed by atoms with van der Waals surface area (Å²) in [4.78, 5) is 0.135. The Kier molecular flexibility index (Phi) is 2.99. The van der Waals surface area contributed by atoms with E-state index in [4.69, 9.17) is 5.73 Å². The van der Waals surface area contributed by atoms with Gasteiger partial charge in [0.2, 0.25) is 0 Å². The van der Waals surface area contributed by atoms with Gasteiger partial charge in [-0.2, -0.15) is 17.9 Å². The molecule has 0 amide bonds. The minimum atomic E-state index is -3.38. The fraction of sp³-hybridized carbons (Fsp3) is 0.800. The van der Waals surface area contributed by atoms with Crippen molar-refractivity contribution >= 4 is 27.4 Å². The van der Waals surface area contributed by atoms with Crippen molar-refractivity contribution in [2.45, 2.75) is 18.9 Å². The van der Waals surface area contributed by atoms with Crippen LogP contribution in [0.25, 0.3) is 0 Å². The van der Waals surface area contributed by atoms with Gasteiger partial charge >= 0.3 is 0 Å². The van der Waals surface area contributed by atoms with Gasteiger partial charge in [-0.1, -0.05) is 12.2 Å². The van der Waals surface area contributed by atoms with E-state index in [-0.39, 0.29) is 17.6 Å². The van der Waals surface area contributed by atoms with Crippen molar-refractivity contribution in [3.63, 3.8) is 0 Å². The second-order valence-corrected chi connectivity index (χ2v) is 4.74. The lowest BCUT2D eigenvalue weighted by atomic mass is 10.7. The summed E-state index contributed by atoms with van der Waals surface area (Å²) in [7, 11) is -3.38. The summed E-state index contributed by atoms with van der Waals surface area (Å²) in [5.74, 6) is 0. The molecule has 5 nitrogen and oxygen atoms in total. The smallest absolute Gasteiger partial charge is 0.277 e. The maximum Gasteiger partial charge on any atom is 0.277 e. The fourth-order valence-corrected chi connectivity index (χ4v) is 1.90. The van der Waals surface area contributed by atoms with Gasteiger partial charge in [-0.3, -0.25) is 0 Å². The molecule has 0 heterocycles. The van der Waals surface area contributed by atoms with Crippen molar-refractivity contribution in [1.82, 2.24) is 9.44 Å². The number of hydrogen-bond donors (Lipinski definition) is 3. The first-order valence-electron chi connectivity index (χ1n) is 3.55. The lowest BCUT2D eigenvalue weighted by molar-refractivity contribution is 0.571. The van der Waals surface area contributed by atoms with E-state index in [2.05, 4.69) is 21.7 Å². The summed E-state index contributed by atoms with van der Waals surface area (Å²) in [5.41, 5.74) is 5.12. The maximum absolute atomic E-state index is 11.0. The Morgan fingerprint density at radius 3 is 2.58 bits per heavy atom. The zero-order chi connectivity index (χ0) is 9.19. The molecule has 7 heteroatoms. The molecule has 0 radical (unpaired) electrons. The SMILES string of the molecule is NC(=S)CNS(=O)(=O)NC1CC1. The average molecular weight is 209 g/mol. The van der Waals surface area contributed by atoms with Crippen molar-refractivity contribution < 1.29 is 8.42 Å². The van der Waals surface area contributed by atoms with Gasteiger partial charge in [-0.25, -0.2) is 0 Å². The largest absolute Gasteiger partial charge is 0.392 e. The molecular formula is C5H11N3O2S2. The summed E-state index contributed by atoms with van der Waals surface area (Å²) < 4.78 is 26.8. The molecule has 0 aromatic rings. The van der Waals surface area contributed by atoms with E-state index in [1.54, 1.807) is 0 Å². The molecule has 0 unspecified atom stereocenters. The Hall–Kier alpha value is -0.240. The summed E-state index contributed by atoms with van der Waals surface area (Å²) in [5, 5.41) is 0. The van der Waals surface area contributed by atoms with Gasteiger partial charge in [-0.05, 0) is 12.8 Å². The van der Waals surface area contributed by atoms with E-state index in [0.29, 0.717) is 0 Å². The predicted octanol–water partition coefficient (Wildman–Crippen LogP) is -1.14. The molecule has 1 rings (SSSR count). The van der Waals surface area contributed by atoms with E-state index in [9.17, 15) is 8.42 Å². The van der Waals surface area contributed by atoms with Crippen LogP contribution < -0.4 is 15.2 Å². The van der Waals surface area contributed by atoms with Crippen LogP contribution in [0.3, 0.4) is 0 Å². The van der Waals surface area contributed by atoms with Gasteiger partial charge in [-0.15, -0.1) is 0 Å². The first-order chi connectivity index (χ1) is 5.49. The normalized spacial score (nSPS) is 17.7. The van der Waals surface area contributed by atoms with Gasteiger partial charge in [0.25, 0.3) is 10.2 Å².